The SMILES string of the molecule is CC/C=C/C=C/C=C/C=C/C=C/C=C/C=C/CCCCCC(=O)OCC(COCCC(C(=O)[O-])[N+](C)(C)C)OC(=O)CCCCCC/C=C/C/C=C/C/C=C/CC. The van der Waals surface area contributed by atoms with Crippen LogP contribution in [0.2, 0.25) is 0 Å². The maximum absolute atomic E-state index is 12.7. The summed E-state index contributed by atoms with van der Waals surface area (Å²) in [6, 6.07) is -0.745. The fourth-order valence-corrected chi connectivity index (χ4v) is 5.30. The van der Waals surface area contributed by atoms with E-state index < -0.39 is 18.1 Å². The van der Waals surface area contributed by atoms with Crippen LogP contribution in [-0.4, -0.2) is 75.5 Å². The molecule has 0 spiro atoms. The lowest BCUT2D eigenvalue weighted by molar-refractivity contribution is -0.889. The largest absolute Gasteiger partial charge is 0.544 e. The fraction of sp³-hybridized carbons (Fsp3) is 0.531. The third-order valence-corrected chi connectivity index (χ3v) is 8.54. The number of rotatable bonds is 35. The van der Waals surface area contributed by atoms with Gasteiger partial charge in [-0.2, -0.15) is 0 Å². The van der Waals surface area contributed by atoms with E-state index in [1.165, 1.54) is 0 Å². The molecule has 0 saturated heterocycles. The maximum Gasteiger partial charge on any atom is 0.306 e. The van der Waals surface area contributed by atoms with Gasteiger partial charge in [-0.3, -0.25) is 9.59 Å². The van der Waals surface area contributed by atoms with Gasteiger partial charge in [0, 0.05) is 19.3 Å². The third-order valence-electron chi connectivity index (χ3n) is 8.54. The molecule has 57 heavy (non-hydrogen) atoms. The third kappa shape index (κ3) is 37.1. The van der Waals surface area contributed by atoms with E-state index in [9.17, 15) is 19.5 Å². The molecule has 0 aliphatic heterocycles. The molecule has 318 valence electrons. The van der Waals surface area contributed by atoms with Crippen molar-refractivity contribution in [1.82, 2.24) is 0 Å². The number of carbonyl (C=O) groups excluding carboxylic acids is 3. The van der Waals surface area contributed by atoms with Gasteiger partial charge in [0.15, 0.2) is 6.10 Å². The second kappa shape index (κ2) is 38.6. The number of hydrogen-bond donors (Lipinski definition) is 0. The molecule has 8 heteroatoms. The Balaban J connectivity index is 4.54. The van der Waals surface area contributed by atoms with Gasteiger partial charge in [0.1, 0.15) is 12.6 Å². The first-order valence-electron chi connectivity index (χ1n) is 21.2. The number of allylic oxidation sites excluding steroid dienone is 20. The van der Waals surface area contributed by atoms with E-state index in [-0.39, 0.29) is 55.5 Å². The Bertz CT molecular complexity index is 1340. The molecule has 0 N–H and O–H groups in total. The lowest BCUT2D eigenvalue weighted by Gasteiger charge is -2.34. The molecule has 0 aromatic heterocycles. The van der Waals surface area contributed by atoms with Gasteiger partial charge in [-0.15, -0.1) is 0 Å². The lowest BCUT2D eigenvalue weighted by atomic mass is 10.1. The maximum atomic E-state index is 12.7. The summed E-state index contributed by atoms with van der Waals surface area (Å²) >= 11 is 0. The minimum atomic E-state index is -1.14. The molecule has 2 unspecified atom stereocenters. The predicted octanol–water partition coefficient (Wildman–Crippen LogP) is 10.1. The van der Waals surface area contributed by atoms with Crippen LogP contribution >= 0.6 is 0 Å². The summed E-state index contributed by atoms with van der Waals surface area (Å²) in [5.74, 6) is -1.85. The average molecular weight is 790 g/mol. The summed E-state index contributed by atoms with van der Waals surface area (Å²) in [4.78, 5) is 36.8. The van der Waals surface area contributed by atoms with E-state index in [4.69, 9.17) is 14.2 Å². The molecule has 0 aromatic rings. The van der Waals surface area contributed by atoms with E-state index in [0.717, 1.165) is 77.0 Å². The molecule has 0 rings (SSSR count). The monoisotopic (exact) mass is 790 g/mol. The minimum Gasteiger partial charge on any atom is -0.544 e. The molecular formula is C49H75NO7. The molecule has 0 radical (unpaired) electrons. The summed E-state index contributed by atoms with van der Waals surface area (Å²) in [6.45, 7) is 4.29. The zero-order chi connectivity index (χ0) is 42.1. The number of unbranched alkanes of at least 4 members (excludes halogenated alkanes) is 7. The van der Waals surface area contributed by atoms with Crippen molar-refractivity contribution in [3.63, 3.8) is 0 Å². The van der Waals surface area contributed by atoms with Crippen LogP contribution in [0, 0.1) is 0 Å². The Labute approximate surface area is 346 Å². The van der Waals surface area contributed by atoms with Crippen molar-refractivity contribution in [3.8, 4) is 0 Å². The molecule has 0 bridgehead atoms. The zero-order valence-corrected chi connectivity index (χ0v) is 35.9. The number of carboxylic acid groups (broad SMARTS) is 1. The van der Waals surface area contributed by atoms with Crippen LogP contribution in [-0.2, 0) is 28.6 Å². The Morgan fingerprint density at radius 3 is 1.58 bits per heavy atom. The van der Waals surface area contributed by atoms with Gasteiger partial charge in [-0.1, -0.05) is 155 Å². The van der Waals surface area contributed by atoms with Crippen LogP contribution in [0.4, 0.5) is 0 Å². The summed E-state index contributed by atoms with van der Waals surface area (Å²) in [7, 11) is 5.36. The summed E-state index contributed by atoms with van der Waals surface area (Å²) < 4.78 is 17.1. The van der Waals surface area contributed by atoms with Crippen LogP contribution in [0.5, 0.6) is 0 Å². The molecule has 8 nitrogen and oxygen atoms in total. The Morgan fingerprint density at radius 2 is 1.02 bits per heavy atom. The highest BCUT2D eigenvalue weighted by Crippen LogP contribution is 2.11. The summed E-state index contributed by atoms with van der Waals surface area (Å²) in [5.41, 5.74) is 0. The normalized spacial score (nSPS) is 14.2. The smallest absolute Gasteiger partial charge is 0.306 e. The first-order valence-corrected chi connectivity index (χ1v) is 21.2. The minimum absolute atomic E-state index is 0.00670. The number of ether oxygens (including phenoxy) is 3. The van der Waals surface area contributed by atoms with Gasteiger partial charge < -0.3 is 28.6 Å². The number of carboxylic acids is 1. The quantitative estimate of drug-likeness (QED) is 0.0207. The van der Waals surface area contributed by atoms with Gasteiger partial charge in [0.2, 0.25) is 0 Å². The molecule has 0 aliphatic carbocycles. The van der Waals surface area contributed by atoms with Crippen molar-refractivity contribution in [2.24, 2.45) is 0 Å². The van der Waals surface area contributed by atoms with Gasteiger partial charge in [0.05, 0.1) is 40.3 Å². The Kier molecular flexibility index (Phi) is 35.7. The second-order valence-corrected chi connectivity index (χ2v) is 14.6. The topological polar surface area (TPSA) is 102 Å². The van der Waals surface area contributed by atoms with Crippen molar-refractivity contribution in [2.75, 3.05) is 41.0 Å². The van der Waals surface area contributed by atoms with Crippen LogP contribution in [0.25, 0.3) is 0 Å². The van der Waals surface area contributed by atoms with Crippen molar-refractivity contribution < 1.29 is 38.2 Å². The van der Waals surface area contributed by atoms with Crippen molar-refractivity contribution in [3.05, 3.63) is 122 Å². The number of quaternary nitrogens is 1. The number of carbonyl (C=O) groups is 3. The molecule has 0 fully saturated rings. The van der Waals surface area contributed by atoms with Crippen molar-refractivity contribution in [1.29, 1.82) is 0 Å². The number of likely N-dealkylation sites (N-methyl/N-ethyl adjacent to an activating group) is 1. The molecule has 0 saturated carbocycles. The summed E-state index contributed by atoms with van der Waals surface area (Å²) in [6.07, 6.45) is 53.6. The molecule has 0 heterocycles. The van der Waals surface area contributed by atoms with Gasteiger partial charge in [-0.25, -0.2) is 0 Å². The van der Waals surface area contributed by atoms with Crippen LogP contribution in [0.1, 0.15) is 117 Å². The van der Waals surface area contributed by atoms with Crippen LogP contribution in [0.3, 0.4) is 0 Å². The van der Waals surface area contributed by atoms with Crippen LogP contribution < -0.4 is 5.11 Å². The van der Waals surface area contributed by atoms with Crippen molar-refractivity contribution >= 4 is 17.9 Å². The molecule has 0 aliphatic rings. The van der Waals surface area contributed by atoms with E-state index in [1.807, 2.05) is 72.9 Å². The van der Waals surface area contributed by atoms with Crippen molar-refractivity contribution in [2.45, 2.75) is 129 Å². The Hall–Kier alpha value is -4.27. The predicted molar refractivity (Wildman–Crippen MR) is 235 cm³/mol. The highest BCUT2D eigenvalue weighted by molar-refractivity contribution is 5.70. The fourth-order valence-electron chi connectivity index (χ4n) is 5.30. The highest BCUT2D eigenvalue weighted by Gasteiger charge is 2.25. The molecular weight excluding hydrogens is 715 g/mol. The second-order valence-electron chi connectivity index (χ2n) is 14.6. The number of nitrogens with zero attached hydrogens (tertiary/aromatic N) is 1. The van der Waals surface area contributed by atoms with Crippen LogP contribution in [0.15, 0.2) is 122 Å². The number of hydrogen-bond acceptors (Lipinski definition) is 7. The molecule has 0 amide bonds. The summed E-state index contributed by atoms with van der Waals surface area (Å²) in [5, 5.41) is 11.6. The highest BCUT2D eigenvalue weighted by atomic mass is 16.6. The van der Waals surface area contributed by atoms with Gasteiger partial charge in [0.25, 0.3) is 0 Å². The average Bonchev–Trinajstić information content (AvgIpc) is 3.17. The van der Waals surface area contributed by atoms with E-state index in [0.29, 0.717) is 6.42 Å². The number of aliphatic carboxylic acids is 1. The zero-order valence-electron chi connectivity index (χ0n) is 35.9. The lowest BCUT2D eigenvalue weighted by Crippen LogP contribution is -2.55. The molecule has 2 atom stereocenters. The van der Waals surface area contributed by atoms with E-state index >= 15 is 0 Å². The first kappa shape index (κ1) is 52.7. The standard InChI is InChI=1S/C49H75NO7/c1-6-8-10-12-14-16-18-20-22-23-24-25-26-28-29-31-33-35-37-39-47(51)56-44-45(43-55-42-41-46(49(53)54)50(3,4)5)57-48(52)40-38-36-34-32-30-27-21-19-17-15-13-11-9-7-2/h8-12,14-18,20-29,45-46H,6-7,13,19,30-44H2,1-5H3/b10-8+,11-9+,14-12+,17-15+,18-16+,22-20+,24-23+,26-25+,27-21+,29-28+. The van der Waals surface area contributed by atoms with Gasteiger partial charge in [-0.05, 0) is 64.2 Å². The molecule has 0 aromatic carbocycles. The van der Waals surface area contributed by atoms with E-state index in [1.54, 1.807) is 21.1 Å². The Morgan fingerprint density at radius 1 is 0.544 bits per heavy atom. The first-order chi connectivity index (χ1) is 27.6. The van der Waals surface area contributed by atoms with Gasteiger partial charge >= 0.3 is 11.9 Å². The van der Waals surface area contributed by atoms with E-state index in [2.05, 4.69) is 62.5 Å². The number of esters is 2.